The molecule has 0 saturated heterocycles. The van der Waals surface area contributed by atoms with Gasteiger partial charge in [-0.25, -0.2) is 9.07 Å². The van der Waals surface area contributed by atoms with Crippen LogP contribution in [0.5, 0.6) is 5.75 Å². The van der Waals surface area contributed by atoms with Crippen molar-refractivity contribution in [1.29, 1.82) is 0 Å². The number of methoxy groups -OCH3 is 1. The lowest BCUT2D eigenvalue weighted by atomic mass is 10.1. The second kappa shape index (κ2) is 7.38. The molecular formula is C21H19FN4O3. The molecule has 1 aliphatic heterocycles. The van der Waals surface area contributed by atoms with Crippen molar-refractivity contribution >= 4 is 23.3 Å². The van der Waals surface area contributed by atoms with E-state index < -0.39 is 17.8 Å². The van der Waals surface area contributed by atoms with E-state index in [9.17, 15) is 14.0 Å². The average molecular weight is 394 g/mol. The zero-order chi connectivity index (χ0) is 20.5. The highest BCUT2D eigenvalue weighted by Crippen LogP contribution is 2.35. The van der Waals surface area contributed by atoms with Crippen LogP contribution >= 0.6 is 0 Å². The van der Waals surface area contributed by atoms with Crippen molar-refractivity contribution < 1.29 is 18.7 Å². The number of benzene rings is 2. The summed E-state index contributed by atoms with van der Waals surface area (Å²) in [6.07, 6.45) is -0.0868. The highest BCUT2D eigenvalue weighted by Gasteiger charge is 2.34. The van der Waals surface area contributed by atoms with E-state index in [4.69, 9.17) is 4.74 Å². The van der Waals surface area contributed by atoms with Gasteiger partial charge in [-0.1, -0.05) is 12.1 Å². The predicted molar refractivity (Wildman–Crippen MR) is 106 cm³/mol. The van der Waals surface area contributed by atoms with Gasteiger partial charge in [-0.15, -0.1) is 0 Å². The number of nitrogens with one attached hydrogen (secondary N) is 2. The maximum Gasteiger partial charge on any atom is 0.249 e. The van der Waals surface area contributed by atoms with E-state index in [0.29, 0.717) is 17.3 Å². The van der Waals surface area contributed by atoms with E-state index in [1.54, 1.807) is 13.2 Å². The van der Waals surface area contributed by atoms with Gasteiger partial charge >= 0.3 is 0 Å². The van der Waals surface area contributed by atoms with Crippen LogP contribution in [0.3, 0.4) is 0 Å². The molecule has 0 fully saturated rings. The minimum absolute atomic E-state index is 0.0595. The minimum Gasteiger partial charge on any atom is -0.497 e. The lowest BCUT2D eigenvalue weighted by Crippen LogP contribution is -2.36. The molecule has 4 rings (SSSR count). The Bertz CT molecular complexity index is 1090. The van der Waals surface area contributed by atoms with Gasteiger partial charge in [-0.2, -0.15) is 5.10 Å². The van der Waals surface area contributed by atoms with Crippen molar-refractivity contribution in [2.45, 2.75) is 19.4 Å². The van der Waals surface area contributed by atoms with Gasteiger partial charge < -0.3 is 15.4 Å². The maximum absolute atomic E-state index is 13.9. The molecule has 3 aromatic rings. The Kier molecular flexibility index (Phi) is 4.75. The van der Waals surface area contributed by atoms with Crippen LogP contribution in [0.15, 0.2) is 48.5 Å². The third kappa shape index (κ3) is 3.44. The van der Waals surface area contributed by atoms with Gasteiger partial charge in [-0.05, 0) is 43.3 Å². The van der Waals surface area contributed by atoms with Crippen LogP contribution in [-0.4, -0.2) is 28.7 Å². The number of ether oxygens (including phenoxy) is 1. The number of nitrogens with zero attached hydrogens (tertiary/aromatic N) is 2. The molecule has 2 amide bonds. The van der Waals surface area contributed by atoms with Crippen molar-refractivity contribution in [3.63, 3.8) is 0 Å². The highest BCUT2D eigenvalue weighted by atomic mass is 19.1. The summed E-state index contributed by atoms with van der Waals surface area (Å²) in [5.41, 5.74) is 2.28. The Hall–Kier alpha value is -3.68. The van der Waals surface area contributed by atoms with Gasteiger partial charge in [0, 0.05) is 11.1 Å². The monoisotopic (exact) mass is 394 g/mol. The summed E-state index contributed by atoms with van der Waals surface area (Å²) in [7, 11) is 1.59. The number of amides is 2. The Morgan fingerprint density at radius 3 is 2.66 bits per heavy atom. The molecule has 1 aromatic heterocycles. The first-order chi connectivity index (χ1) is 14.0. The molecule has 0 bridgehead atoms. The van der Waals surface area contributed by atoms with Gasteiger partial charge in [0.2, 0.25) is 11.8 Å². The second-order valence-corrected chi connectivity index (χ2v) is 6.73. The number of fused-ring (bicyclic) bond motifs is 1. The highest BCUT2D eigenvalue weighted by molar-refractivity contribution is 6.02. The summed E-state index contributed by atoms with van der Waals surface area (Å²) in [5.74, 6) is -0.172. The molecule has 0 saturated carbocycles. The lowest BCUT2D eigenvalue weighted by Gasteiger charge is -2.24. The predicted octanol–water partition coefficient (Wildman–Crippen LogP) is 3.53. The molecule has 1 aliphatic rings. The van der Waals surface area contributed by atoms with Gasteiger partial charge in [0.25, 0.3) is 0 Å². The third-order valence-electron chi connectivity index (χ3n) is 4.88. The number of halogens is 1. The van der Waals surface area contributed by atoms with Crippen molar-refractivity contribution in [2.24, 2.45) is 0 Å². The van der Waals surface area contributed by atoms with Crippen LogP contribution in [0.25, 0.3) is 11.3 Å². The van der Waals surface area contributed by atoms with Crippen molar-refractivity contribution in [2.75, 3.05) is 17.7 Å². The molecule has 0 aliphatic carbocycles. The first kappa shape index (κ1) is 18.7. The topological polar surface area (TPSA) is 85.2 Å². The summed E-state index contributed by atoms with van der Waals surface area (Å²) in [5, 5.41) is 9.92. The summed E-state index contributed by atoms with van der Waals surface area (Å²) in [6.45, 7) is 1.83. The van der Waals surface area contributed by atoms with Gasteiger partial charge in [-0.3, -0.25) is 9.59 Å². The fraction of sp³-hybridized carbons (Fsp3) is 0.190. The Morgan fingerprint density at radius 2 is 1.97 bits per heavy atom. The van der Waals surface area contributed by atoms with Crippen molar-refractivity contribution in [1.82, 2.24) is 9.78 Å². The van der Waals surface area contributed by atoms with E-state index in [-0.39, 0.29) is 18.0 Å². The van der Waals surface area contributed by atoms with Crippen LogP contribution in [0, 0.1) is 12.7 Å². The lowest BCUT2D eigenvalue weighted by molar-refractivity contribution is -0.125. The summed E-state index contributed by atoms with van der Waals surface area (Å²) < 4.78 is 20.6. The number of carbonyl (C=O) groups is 2. The molecule has 1 atom stereocenters. The van der Waals surface area contributed by atoms with Gasteiger partial charge in [0.15, 0.2) is 0 Å². The third-order valence-corrected chi connectivity index (χ3v) is 4.88. The first-order valence-corrected chi connectivity index (χ1v) is 9.06. The quantitative estimate of drug-likeness (QED) is 0.709. The summed E-state index contributed by atoms with van der Waals surface area (Å²) in [6, 6.07) is 12.3. The van der Waals surface area contributed by atoms with E-state index in [1.165, 1.54) is 22.9 Å². The SMILES string of the molecule is COc1ccc(-c2nn3c(c2C)NC(=O)C[C@H]3C(=O)Nc2ccccc2F)cc1. The number of carbonyl (C=O) groups excluding carboxylic acids is 2. The molecule has 0 spiro atoms. The van der Waals surface area contributed by atoms with E-state index >= 15 is 0 Å². The number of para-hydroxylation sites is 1. The molecule has 2 N–H and O–H groups in total. The minimum atomic E-state index is -0.885. The van der Waals surface area contributed by atoms with Crippen molar-refractivity contribution in [3.05, 3.63) is 59.9 Å². The van der Waals surface area contributed by atoms with Crippen LogP contribution in [0.1, 0.15) is 18.0 Å². The van der Waals surface area contributed by atoms with Crippen molar-refractivity contribution in [3.8, 4) is 17.0 Å². The fourth-order valence-corrected chi connectivity index (χ4v) is 3.34. The zero-order valence-corrected chi connectivity index (χ0v) is 15.9. The molecule has 148 valence electrons. The largest absolute Gasteiger partial charge is 0.497 e. The number of hydrogen-bond acceptors (Lipinski definition) is 4. The Morgan fingerprint density at radius 1 is 1.24 bits per heavy atom. The molecular weight excluding hydrogens is 375 g/mol. The fourth-order valence-electron chi connectivity index (χ4n) is 3.34. The standard InChI is InChI=1S/C21H19FN4O3/c1-12-19(13-7-9-14(29-2)10-8-13)25-26-17(11-18(27)24-20(12)26)21(28)23-16-6-4-3-5-15(16)22/h3-10,17H,11H2,1-2H3,(H,23,28)(H,24,27)/t17-/m0/s1. The number of rotatable bonds is 4. The Labute approximate surface area is 166 Å². The average Bonchev–Trinajstić information content (AvgIpc) is 3.05. The van der Waals surface area contributed by atoms with Crippen LogP contribution < -0.4 is 15.4 Å². The molecule has 8 heteroatoms. The molecule has 29 heavy (non-hydrogen) atoms. The molecule has 0 radical (unpaired) electrons. The van der Waals surface area contributed by atoms with E-state index in [0.717, 1.165) is 11.1 Å². The molecule has 2 aromatic carbocycles. The van der Waals surface area contributed by atoms with E-state index in [2.05, 4.69) is 15.7 Å². The van der Waals surface area contributed by atoms with Crippen LogP contribution in [-0.2, 0) is 9.59 Å². The number of aromatic nitrogens is 2. The zero-order valence-electron chi connectivity index (χ0n) is 15.9. The van der Waals surface area contributed by atoms with Crippen LogP contribution in [0.4, 0.5) is 15.9 Å². The molecule has 2 heterocycles. The summed E-state index contributed by atoms with van der Waals surface area (Å²) in [4.78, 5) is 25.1. The van der Waals surface area contributed by atoms with Crippen LogP contribution in [0.2, 0.25) is 0 Å². The first-order valence-electron chi connectivity index (χ1n) is 9.06. The Balaban J connectivity index is 1.70. The molecule has 0 unspecified atom stereocenters. The van der Waals surface area contributed by atoms with Gasteiger partial charge in [0.05, 0.1) is 24.9 Å². The number of hydrogen-bond donors (Lipinski definition) is 2. The van der Waals surface area contributed by atoms with E-state index in [1.807, 2.05) is 31.2 Å². The second-order valence-electron chi connectivity index (χ2n) is 6.73. The number of anilines is 2. The van der Waals surface area contributed by atoms with Gasteiger partial charge in [0.1, 0.15) is 23.4 Å². The maximum atomic E-state index is 13.9. The smallest absolute Gasteiger partial charge is 0.249 e. The molecule has 7 nitrogen and oxygen atoms in total. The summed E-state index contributed by atoms with van der Waals surface area (Å²) >= 11 is 0. The normalized spacial score (nSPS) is 15.4.